The van der Waals surface area contributed by atoms with Gasteiger partial charge in [0.1, 0.15) is 0 Å². The Kier molecular flexibility index (Phi) is 5.79. The van der Waals surface area contributed by atoms with Crippen LogP contribution in [0.25, 0.3) is 0 Å². The average Bonchev–Trinajstić information content (AvgIpc) is 2.81. The minimum absolute atomic E-state index is 0.531. The minimum Gasteiger partial charge on any atom is -0.381 e. The van der Waals surface area contributed by atoms with Crippen molar-refractivity contribution >= 4 is 11.3 Å². The monoisotopic (exact) mass is 282 g/mol. The number of nitrogens with zero attached hydrogens (tertiary/aromatic N) is 1. The van der Waals surface area contributed by atoms with Crippen LogP contribution in [-0.4, -0.2) is 24.2 Å². The van der Waals surface area contributed by atoms with Gasteiger partial charge in [-0.2, -0.15) is 0 Å². The lowest BCUT2D eigenvalue weighted by atomic mass is 10.0. The van der Waals surface area contributed by atoms with Crippen molar-refractivity contribution in [3.05, 3.63) is 15.6 Å². The van der Waals surface area contributed by atoms with E-state index in [-0.39, 0.29) is 0 Å². The molecule has 4 heteroatoms. The molecule has 0 unspecified atom stereocenters. The van der Waals surface area contributed by atoms with Gasteiger partial charge in [0.05, 0.1) is 10.7 Å². The first-order chi connectivity index (χ1) is 9.20. The van der Waals surface area contributed by atoms with Gasteiger partial charge in [-0.3, -0.25) is 0 Å². The molecule has 0 atom stereocenters. The lowest BCUT2D eigenvalue weighted by Gasteiger charge is -2.19. The standard InChI is InChI=1S/C15H26N2OS/c1-4-5-13-14(10-16-11(2)3)19-15(17-13)12-6-8-18-9-7-12/h11-12,16H,4-10H2,1-3H3. The predicted octanol–water partition coefficient (Wildman–Crippen LogP) is 3.49. The maximum absolute atomic E-state index is 5.45. The number of hydrogen-bond acceptors (Lipinski definition) is 4. The van der Waals surface area contributed by atoms with Crippen molar-refractivity contribution < 1.29 is 4.74 Å². The SMILES string of the molecule is CCCc1nc(C2CCOCC2)sc1CNC(C)C. The molecule has 0 bridgehead atoms. The number of aryl methyl sites for hydroxylation is 1. The Hall–Kier alpha value is -0.450. The predicted molar refractivity (Wildman–Crippen MR) is 80.9 cm³/mol. The van der Waals surface area contributed by atoms with Gasteiger partial charge in [-0.1, -0.05) is 27.2 Å². The van der Waals surface area contributed by atoms with Gasteiger partial charge in [0.2, 0.25) is 0 Å². The van der Waals surface area contributed by atoms with E-state index < -0.39 is 0 Å². The fourth-order valence-corrected chi connectivity index (χ4v) is 3.62. The second-order valence-corrected chi connectivity index (χ2v) is 6.71. The van der Waals surface area contributed by atoms with E-state index in [0.29, 0.717) is 12.0 Å². The van der Waals surface area contributed by atoms with Gasteiger partial charge >= 0.3 is 0 Å². The van der Waals surface area contributed by atoms with Gasteiger partial charge < -0.3 is 10.1 Å². The fourth-order valence-electron chi connectivity index (χ4n) is 2.39. The summed E-state index contributed by atoms with van der Waals surface area (Å²) in [6.45, 7) is 9.38. The minimum atomic E-state index is 0.531. The molecule has 3 nitrogen and oxygen atoms in total. The van der Waals surface area contributed by atoms with Crippen LogP contribution in [0.2, 0.25) is 0 Å². The zero-order chi connectivity index (χ0) is 13.7. The molecule has 1 fully saturated rings. The van der Waals surface area contributed by atoms with E-state index in [1.54, 1.807) is 0 Å². The summed E-state index contributed by atoms with van der Waals surface area (Å²) in [4.78, 5) is 6.37. The van der Waals surface area contributed by atoms with Crippen LogP contribution in [0.15, 0.2) is 0 Å². The molecular weight excluding hydrogens is 256 g/mol. The van der Waals surface area contributed by atoms with Crippen LogP contribution in [0.1, 0.15) is 61.5 Å². The topological polar surface area (TPSA) is 34.1 Å². The third-order valence-electron chi connectivity index (χ3n) is 3.52. The number of rotatable bonds is 6. The van der Waals surface area contributed by atoms with Crippen molar-refractivity contribution in [1.82, 2.24) is 10.3 Å². The molecular formula is C15H26N2OS. The van der Waals surface area contributed by atoms with Crippen LogP contribution in [-0.2, 0) is 17.7 Å². The van der Waals surface area contributed by atoms with Crippen LogP contribution >= 0.6 is 11.3 Å². The molecule has 0 spiro atoms. The zero-order valence-electron chi connectivity index (χ0n) is 12.4. The number of nitrogens with one attached hydrogen (secondary N) is 1. The van der Waals surface area contributed by atoms with Crippen molar-refractivity contribution in [3.8, 4) is 0 Å². The van der Waals surface area contributed by atoms with E-state index in [4.69, 9.17) is 9.72 Å². The first-order valence-corrected chi connectivity index (χ1v) is 8.32. The fraction of sp³-hybridized carbons (Fsp3) is 0.800. The second kappa shape index (κ2) is 7.36. The van der Waals surface area contributed by atoms with E-state index in [0.717, 1.165) is 39.0 Å². The van der Waals surface area contributed by atoms with Gasteiger partial charge in [0.15, 0.2) is 0 Å². The van der Waals surface area contributed by atoms with Crippen LogP contribution in [0.3, 0.4) is 0 Å². The maximum Gasteiger partial charge on any atom is 0.0964 e. The highest BCUT2D eigenvalue weighted by Gasteiger charge is 2.21. The summed E-state index contributed by atoms with van der Waals surface area (Å²) in [7, 11) is 0. The number of hydrogen-bond donors (Lipinski definition) is 1. The highest BCUT2D eigenvalue weighted by Crippen LogP contribution is 2.32. The molecule has 1 saturated heterocycles. The Morgan fingerprint density at radius 2 is 2.11 bits per heavy atom. The van der Waals surface area contributed by atoms with Crippen LogP contribution < -0.4 is 5.32 Å². The molecule has 108 valence electrons. The van der Waals surface area contributed by atoms with Crippen molar-refractivity contribution in [3.63, 3.8) is 0 Å². The van der Waals surface area contributed by atoms with Crippen molar-refractivity contribution in [2.24, 2.45) is 0 Å². The second-order valence-electron chi connectivity index (χ2n) is 5.59. The molecule has 1 aromatic rings. The van der Waals surface area contributed by atoms with Crippen LogP contribution in [0.5, 0.6) is 0 Å². The molecule has 0 saturated carbocycles. The summed E-state index contributed by atoms with van der Waals surface area (Å²) in [5.41, 5.74) is 1.32. The normalized spacial score (nSPS) is 17.3. The third-order valence-corrected chi connectivity index (χ3v) is 4.78. The summed E-state index contributed by atoms with van der Waals surface area (Å²) in [5, 5.41) is 4.86. The molecule has 0 amide bonds. The van der Waals surface area contributed by atoms with Gasteiger partial charge in [-0.25, -0.2) is 4.98 Å². The van der Waals surface area contributed by atoms with Crippen molar-refractivity contribution in [1.29, 1.82) is 0 Å². The van der Waals surface area contributed by atoms with E-state index in [1.807, 2.05) is 11.3 Å². The van der Waals surface area contributed by atoms with Gasteiger partial charge in [0.25, 0.3) is 0 Å². The summed E-state index contributed by atoms with van der Waals surface area (Å²) in [6.07, 6.45) is 4.55. The first kappa shape index (κ1) is 14.9. The highest BCUT2D eigenvalue weighted by molar-refractivity contribution is 7.11. The first-order valence-electron chi connectivity index (χ1n) is 7.50. The molecule has 1 aromatic heterocycles. The lowest BCUT2D eigenvalue weighted by molar-refractivity contribution is 0.0852. The van der Waals surface area contributed by atoms with Gasteiger partial charge in [-0.05, 0) is 19.3 Å². The van der Waals surface area contributed by atoms with E-state index in [1.165, 1.54) is 22.0 Å². The van der Waals surface area contributed by atoms with Crippen LogP contribution in [0, 0.1) is 0 Å². The Morgan fingerprint density at radius 1 is 1.37 bits per heavy atom. The molecule has 19 heavy (non-hydrogen) atoms. The van der Waals surface area contributed by atoms with Crippen molar-refractivity contribution in [2.75, 3.05) is 13.2 Å². The molecule has 1 aliphatic heterocycles. The Bertz CT molecular complexity index is 383. The average molecular weight is 282 g/mol. The Labute approximate surface area is 120 Å². The van der Waals surface area contributed by atoms with E-state index in [9.17, 15) is 0 Å². The highest BCUT2D eigenvalue weighted by atomic mass is 32.1. The Morgan fingerprint density at radius 3 is 2.74 bits per heavy atom. The molecule has 1 N–H and O–H groups in total. The zero-order valence-corrected chi connectivity index (χ0v) is 13.2. The molecule has 2 rings (SSSR count). The quantitative estimate of drug-likeness (QED) is 0.867. The maximum atomic E-state index is 5.45. The summed E-state index contributed by atoms with van der Waals surface area (Å²) >= 11 is 1.92. The molecule has 0 radical (unpaired) electrons. The molecule has 1 aliphatic rings. The number of thiazole rings is 1. The van der Waals surface area contributed by atoms with Gasteiger partial charge in [0, 0.05) is 36.6 Å². The largest absolute Gasteiger partial charge is 0.381 e. The third kappa shape index (κ3) is 4.26. The summed E-state index contributed by atoms with van der Waals surface area (Å²) in [6, 6.07) is 0.531. The van der Waals surface area contributed by atoms with Crippen LogP contribution in [0.4, 0.5) is 0 Å². The molecule has 2 heterocycles. The smallest absolute Gasteiger partial charge is 0.0964 e. The Balaban J connectivity index is 2.08. The number of ether oxygens (including phenoxy) is 1. The molecule has 0 aliphatic carbocycles. The molecule has 0 aromatic carbocycles. The lowest BCUT2D eigenvalue weighted by Crippen LogP contribution is -2.21. The summed E-state index contributed by atoms with van der Waals surface area (Å²) < 4.78 is 5.45. The number of aromatic nitrogens is 1. The van der Waals surface area contributed by atoms with Crippen molar-refractivity contribution in [2.45, 2.75) is 65.0 Å². The van der Waals surface area contributed by atoms with E-state index >= 15 is 0 Å². The van der Waals surface area contributed by atoms with Gasteiger partial charge in [-0.15, -0.1) is 11.3 Å². The summed E-state index contributed by atoms with van der Waals surface area (Å²) in [5.74, 6) is 0.627. The van der Waals surface area contributed by atoms with E-state index in [2.05, 4.69) is 26.1 Å².